The average molecular weight is 291 g/mol. The summed E-state index contributed by atoms with van der Waals surface area (Å²) >= 11 is 1.55. The number of hydrogen-bond acceptors (Lipinski definition) is 6. The normalized spacial score (nSPS) is 10.9. The van der Waals surface area contributed by atoms with Crippen LogP contribution in [0.25, 0.3) is 11.5 Å². The van der Waals surface area contributed by atoms with E-state index in [1.54, 1.807) is 11.3 Å². The third-order valence-corrected chi connectivity index (χ3v) is 3.49. The fourth-order valence-electron chi connectivity index (χ4n) is 1.77. The Morgan fingerprint density at radius 2 is 2.20 bits per heavy atom. The van der Waals surface area contributed by atoms with E-state index in [2.05, 4.69) is 15.1 Å². The zero-order valence-electron chi connectivity index (χ0n) is 10.5. The second-order valence-electron chi connectivity index (χ2n) is 4.21. The number of nitrogens with zero attached hydrogens (tertiary/aromatic N) is 3. The number of rotatable bonds is 3. The highest BCUT2D eigenvalue weighted by atomic mass is 32.1. The van der Waals surface area contributed by atoms with Gasteiger partial charge in [0.1, 0.15) is 11.6 Å². The van der Waals surface area contributed by atoms with Gasteiger partial charge in [-0.1, -0.05) is 5.16 Å². The summed E-state index contributed by atoms with van der Waals surface area (Å²) in [5.41, 5.74) is 1.17. The molecular formula is C13H10FN3O2S. The number of aromatic hydroxyl groups is 1. The number of hydrogen-bond donors (Lipinski definition) is 1. The summed E-state index contributed by atoms with van der Waals surface area (Å²) in [5.74, 6) is -0.132. The number of halogens is 1. The zero-order chi connectivity index (χ0) is 14.1. The molecule has 0 amide bonds. The van der Waals surface area contributed by atoms with Crippen molar-refractivity contribution in [3.63, 3.8) is 0 Å². The van der Waals surface area contributed by atoms with Gasteiger partial charge in [0.05, 0.1) is 22.7 Å². The zero-order valence-corrected chi connectivity index (χ0v) is 11.3. The molecule has 1 N–H and O–H groups in total. The van der Waals surface area contributed by atoms with Gasteiger partial charge in [0.15, 0.2) is 5.82 Å². The summed E-state index contributed by atoms with van der Waals surface area (Å²) in [6.07, 6.45) is 0.454. The van der Waals surface area contributed by atoms with E-state index < -0.39 is 5.82 Å². The monoisotopic (exact) mass is 291 g/mol. The molecule has 3 aromatic rings. The molecule has 0 bridgehead atoms. The Balaban J connectivity index is 1.86. The molecule has 0 aliphatic heterocycles. The Bertz CT molecular complexity index is 754. The van der Waals surface area contributed by atoms with Crippen molar-refractivity contribution in [2.24, 2.45) is 0 Å². The molecule has 0 atom stereocenters. The molecule has 0 saturated carbocycles. The molecule has 5 nitrogen and oxygen atoms in total. The largest absolute Gasteiger partial charge is 0.507 e. The highest BCUT2D eigenvalue weighted by Crippen LogP contribution is 2.28. The second kappa shape index (κ2) is 5.01. The number of phenols is 1. The van der Waals surface area contributed by atoms with E-state index in [1.165, 1.54) is 12.1 Å². The molecule has 1 aromatic carbocycles. The fraction of sp³-hybridized carbons (Fsp3) is 0.154. The molecule has 3 rings (SSSR count). The van der Waals surface area contributed by atoms with E-state index in [4.69, 9.17) is 4.52 Å². The topological polar surface area (TPSA) is 72.0 Å². The van der Waals surface area contributed by atoms with Crippen LogP contribution in [0, 0.1) is 12.7 Å². The Kier molecular flexibility index (Phi) is 3.19. The van der Waals surface area contributed by atoms with Crippen LogP contribution in [0.2, 0.25) is 0 Å². The van der Waals surface area contributed by atoms with E-state index in [1.807, 2.05) is 12.3 Å². The van der Waals surface area contributed by atoms with Gasteiger partial charge in [0.25, 0.3) is 5.89 Å². The van der Waals surface area contributed by atoms with Gasteiger partial charge >= 0.3 is 0 Å². The van der Waals surface area contributed by atoms with Gasteiger partial charge in [-0.25, -0.2) is 9.37 Å². The molecule has 0 aliphatic carbocycles. The molecule has 0 saturated heterocycles. The van der Waals surface area contributed by atoms with Crippen LogP contribution < -0.4 is 0 Å². The van der Waals surface area contributed by atoms with Crippen LogP contribution in [0.5, 0.6) is 5.75 Å². The number of aryl methyl sites for hydroxylation is 1. The minimum absolute atomic E-state index is 0.157. The Morgan fingerprint density at radius 1 is 1.35 bits per heavy atom. The van der Waals surface area contributed by atoms with Gasteiger partial charge < -0.3 is 9.63 Å². The maximum Gasteiger partial charge on any atom is 0.261 e. The minimum atomic E-state index is -0.524. The van der Waals surface area contributed by atoms with Gasteiger partial charge in [0, 0.05) is 11.4 Å². The van der Waals surface area contributed by atoms with E-state index in [0.717, 1.165) is 16.8 Å². The summed E-state index contributed by atoms with van der Waals surface area (Å²) in [4.78, 5) is 8.49. The van der Waals surface area contributed by atoms with Gasteiger partial charge in [-0.3, -0.25) is 0 Å². The quantitative estimate of drug-likeness (QED) is 0.803. The third-order valence-electron chi connectivity index (χ3n) is 2.66. The SMILES string of the molecule is Cc1nc(Cc2noc(-c3ccc(F)cc3O)n2)cs1. The molecule has 20 heavy (non-hydrogen) atoms. The molecule has 7 heteroatoms. The lowest BCUT2D eigenvalue weighted by atomic mass is 10.2. The first-order valence-electron chi connectivity index (χ1n) is 5.84. The van der Waals surface area contributed by atoms with Crippen molar-refractivity contribution >= 4 is 11.3 Å². The summed E-state index contributed by atoms with van der Waals surface area (Å²) < 4.78 is 18.0. The van der Waals surface area contributed by atoms with Crippen LogP contribution in [0.15, 0.2) is 28.1 Å². The van der Waals surface area contributed by atoms with Crippen LogP contribution in [-0.2, 0) is 6.42 Å². The summed E-state index contributed by atoms with van der Waals surface area (Å²) in [7, 11) is 0. The van der Waals surface area contributed by atoms with Gasteiger partial charge in [0.2, 0.25) is 0 Å². The number of phenolic OH excluding ortho intramolecular Hbond substituents is 1. The van der Waals surface area contributed by atoms with Crippen LogP contribution in [0.3, 0.4) is 0 Å². The lowest BCUT2D eigenvalue weighted by Gasteiger charge is -1.98. The fourth-order valence-corrected chi connectivity index (χ4v) is 2.38. The van der Waals surface area contributed by atoms with Crippen molar-refractivity contribution in [1.82, 2.24) is 15.1 Å². The second-order valence-corrected chi connectivity index (χ2v) is 5.27. The molecule has 102 valence electrons. The molecule has 0 unspecified atom stereocenters. The van der Waals surface area contributed by atoms with Crippen molar-refractivity contribution in [2.45, 2.75) is 13.3 Å². The number of benzene rings is 1. The molecule has 0 spiro atoms. The van der Waals surface area contributed by atoms with Crippen molar-refractivity contribution < 1.29 is 14.0 Å². The summed E-state index contributed by atoms with van der Waals surface area (Å²) in [6, 6.07) is 3.63. The Hall–Kier alpha value is -2.28. The van der Waals surface area contributed by atoms with Crippen LogP contribution in [-0.4, -0.2) is 20.2 Å². The predicted molar refractivity (Wildman–Crippen MR) is 71.0 cm³/mol. The van der Waals surface area contributed by atoms with E-state index in [-0.39, 0.29) is 11.6 Å². The number of thiazole rings is 1. The van der Waals surface area contributed by atoms with Crippen LogP contribution in [0.4, 0.5) is 4.39 Å². The first kappa shape index (κ1) is 12.7. The van der Waals surface area contributed by atoms with Crippen LogP contribution >= 0.6 is 11.3 Å². The molecule has 0 radical (unpaired) electrons. The standard InChI is InChI=1S/C13H10FN3O2S/c1-7-15-9(6-20-7)5-12-16-13(19-17-12)10-3-2-8(14)4-11(10)18/h2-4,6,18H,5H2,1H3. The van der Waals surface area contributed by atoms with Crippen LogP contribution in [0.1, 0.15) is 16.5 Å². The Labute approximate surface area is 117 Å². The minimum Gasteiger partial charge on any atom is -0.507 e. The first-order chi connectivity index (χ1) is 9.61. The van der Waals surface area contributed by atoms with E-state index in [0.29, 0.717) is 17.8 Å². The summed E-state index contributed by atoms with van der Waals surface area (Å²) in [6.45, 7) is 1.92. The smallest absolute Gasteiger partial charge is 0.261 e. The molecule has 0 fully saturated rings. The van der Waals surface area contributed by atoms with Gasteiger partial charge in [-0.15, -0.1) is 11.3 Å². The highest BCUT2D eigenvalue weighted by molar-refractivity contribution is 7.09. The number of aromatic nitrogens is 3. The summed E-state index contributed by atoms with van der Waals surface area (Å²) in [5, 5.41) is 16.4. The third kappa shape index (κ3) is 2.53. The van der Waals surface area contributed by atoms with E-state index >= 15 is 0 Å². The first-order valence-corrected chi connectivity index (χ1v) is 6.72. The maximum atomic E-state index is 12.9. The maximum absolute atomic E-state index is 12.9. The van der Waals surface area contributed by atoms with Gasteiger partial charge in [-0.05, 0) is 19.1 Å². The van der Waals surface area contributed by atoms with Crippen molar-refractivity contribution in [3.8, 4) is 17.2 Å². The van der Waals surface area contributed by atoms with Gasteiger partial charge in [-0.2, -0.15) is 4.98 Å². The van der Waals surface area contributed by atoms with Crippen molar-refractivity contribution in [1.29, 1.82) is 0 Å². The lowest BCUT2D eigenvalue weighted by Crippen LogP contribution is -1.91. The molecule has 2 heterocycles. The van der Waals surface area contributed by atoms with Crippen molar-refractivity contribution in [3.05, 3.63) is 45.9 Å². The lowest BCUT2D eigenvalue weighted by molar-refractivity contribution is 0.417. The average Bonchev–Trinajstić information content (AvgIpc) is 2.99. The predicted octanol–water partition coefficient (Wildman–Crippen LogP) is 2.94. The van der Waals surface area contributed by atoms with E-state index in [9.17, 15) is 9.50 Å². The highest BCUT2D eigenvalue weighted by Gasteiger charge is 2.14. The van der Waals surface area contributed by atoms with Crippen molar-refractivity contribution in [2.75, 3.05) is 0 Å². The molecular weight excluding hydrogens is 281 g/mol. The molecule has 0 aliphatic rings. The molecule has 2 aromatic heterocycles. The Morgan fingerprint density at radius 3 is 2.90 bits per heavy atom.